The quantitative estimate of drug-likeness (QED) is 0.751. The van der Waals surface area contributed by atoms with Crippen LogP contribution in [0.15, 0.2) is 0 Å². The van der Waals surface area contributed by atoms with Crippen LogP contribution in [0.4, 0.5) is 0 Å². The van der Waals surface area contributed by atoms with Crippen LogP contribution in [0.3, 0.4) is 0 Å². The lowest BCUT2D eigenvalue weighted by Crippen LogP contribution is -2.56. The average Bonchev–Trinajstić information content (AvgIpc) is 2.44. The van der Waals surface area contributed by atoms with Crippen LogP contribution in [0, 0.1) is 0 Å². The molecule has 106 valence electrons. The van der Waals surface area contributed by atoms with E-state index < -0.39 is 0 Å². The molecule has 0 amide bonds. The number of rotatable bonds is 5. The third kappa shape index (κ3) is 3.44. The van der Waals surface area contributed by atoms with Crippen LogP contribution in [0.5, 0.6) is 0 Å². The van der Waals surface area contributed by atoms with Crippen LogP contribution in [-0.4, -0.2) is 72.9 Å². The second kappa shape index (κ2) is 6.33. The molecular weight excluding hydrogens is 226 g/mol. The third-order valence-electron chi connectivity index (χ3n) is 4.85. The van der Waals surface area contributed by atoms with E-state index in [1.54, 1.807) is 0 Å². The Balaban J connectivity index is 1.77. The summed E-state index contributed by atoms with van der Waals surface area (Å²) in [6.45, 7) is 8.38. The first kappa shape index (κ1) is 14.3. The maximum Gasteiger partial charge on any atom is 0.0610 e. The highest BCUT2D eigenvalue weighted by molar-refractivity contribution is 4.87. The highest BCUT2D eigenvalue weighted by atomic mass is 16.3. The maximum atomic E-state index is 9.41. The van der Waals surface area contributed by atoms with Crippen molar-refractivity contribution < 1.29 is 5.11 Å². The van der Waals surface area contributed by atoms with Crippen LogP contribution in [0.1, 0.15) is 32.6 Å². The number of hydrogen-bond acceptors (Lipinski definition) is 4. The topological polar surface area (TPSA) is 38.7 Å². The first-order valence-corrected chi connectivity index (χ1v) is 7.43. The minimum absolute atomic E-state index is 0.121. The molecular formula is C14H29N3O. The molecule has 0 bridgehead atoms. The minimum atomic E-state index is -0.121. The fourth-order valence-corrected chi connectivity index (χ4v) is 3.11. The summed E-state index contributed by atoms with van der Waals surface area (Å²) in [4.78, 5) is 5.25. The summed E-state index contributed by atoms with van der Waals surface area (Å²) in [6.07, 6.45) is 5.19. The molecule has 2 atom stereocenters. The van der Waals surface area contributed by atoms with E-state index in [0.717, 1.165) is 19.0 Å². The van der Waals surface area contributed by atoms with Crippen molar-refractivity contribution in [3.63, 3.8) is 0 Å². The predicted octanol–water partition coefficient (Wildman–Crippen LogP) is 0.517. The molecule has 0 aromatic heterocycles. The van der Waals surface area contributed by atoms with E-state index in [2.05, 4.69) is 22.0 Å². The largest absolute Gasteiger partial charge is 0.394 e. The zero-order valence-corrected chi connectivity index (χ0v) is 12.0. The summed E-state index contributed by atoms with van der Waals surface area (Å²) < 4.78 is 0. The van der Waals surface area contributed by atoms with Gasteiger partial charge in [-0.2, -0.15) is 0 Å². The first-order valence-electron chi connectivity index (χ1n) is 7.43. The lowest BCUT2D eigenvalue weighted by molar-refractivity contribution is 0.0424. The molecule has 0 radical (unpaired) electrons. The van der Waals surface area contributed by atoms with Gasteiger partial charge in [0.15, 0.2) is 0 Å². The standard InChI is InChI=1S/C14H29N3O/c1-14(12-18,15-2)6-8-16-9-10-17-7-4-3-5-13(17)11-16/h13,15,18H,3-12H2,1-2H3. The van der Waals surface area contributed by atoms with Crippen LogP contribution in [-0.2, 0) is 0 Å². The zero-order valence-electron chi connectivity index (χ0n) is 12.0. The first-order chi connectivity index (χ1) is 8.67. The lowest BCUT2D eigenvalue weighted by Gasteiger charge is -2.44. The molecule has 2 heterocycles. The molecule has 18 heavy (non-hydrogen) atoms. The molecule has 2 rings (SSSR count). The van der Waals surface area contributed by atoms with Gasteiger partial charge >= 0.3 is 0 Å². The van der Waals surface area contributed by atoms with E-state index in [1.807, 2.05) is 7.05 Å². The molecule has 2 saturated heterocycles. The Morgan fingerprint density at radius 1 is 1.28 bits per heavy atom. The molecule has 2 aliphatic heterocycles. The van der Waals surface area contributed by atoms with Gasteiger partial charge in [0.05, 0.1) is 6.61 Å². The van der Waals surface area contributed by atoms with E-state index >= 15 is 0 Å². The second-order valence-corrected chi connectivity index (χ2v) is 6.20. The van der Waals surface area contributed by atoms with Crippen LogP contribution >= 0.6 is 0 Å². The summed E-state index contributed by atoms with van der Waals surface area (Å²) in [5.74, 6) is 0. The maximum absolute atomic E-state index is 9.41. The van der Waals surface area contributed by atoms with Gasteiger partial charge in [-0.25, -0.2) is 0 Å². The van der Waals surface area contributed by atoms with E-state index in [0.29, 0.717) is 0 Å². The number of nitrogens with zero attached hydrogens (tertiary/aromatic N) is 2. The molecule has 0 saturated carbocycles. The summed E-state index contributed by atoms with van der Waals surface area (Å²) in [5, 5.41) is 12.6. The molecule has 0 aromatic rings. The highest BCUT2D eigenvalue weighted by Crippen LogP contribution is 2.21. The van der Waals surface area contributed by atoms with Gasteiger partial charge in [-0.15, -0.1) is 0 Å². The monoisotopic (exact) mass is 255 g/mol. The highest BCUT2D eigenvalue weighted by Gasteiger charge is 2.30. The molecule has 2 N–H and O–H groups in total. The van der Waals surface area contributed by atoms with E-state index in [4.69, 9.17) is 0 Å². The Kier molecular flexibility index (Phi) is 5.01. The molecule has 2 aliphatic rings. The van der Waals surface area contributed by atoms with Crippen molar-refractivity contribution in [2.45, 2.75) is 44.2 Å². The summed E-state index contributed by atoms with van der Waals surface area (Å²) in [7, 11) is 1.94. The molecule has 2 fully saturated rings. The number of fused-ring (bicyclic) bond motifs is 1. The number of hydrogen-bond donors (Lipinski definition) is 2. The van der Waals surface area contributed by atoms with E-state index in [1.165, 1.54) is 45.4 Å². The summed E-state index contributed by atoms with van der Waals surface area (Å²) >= 11 is 0. The number of piperazine rings is 1. The van der Waals surface area contributed by atoms with Crippen molar-refractivity contribution in [2.75, 3.05) is 46.4 Å². The van der Waals surface area contributed by atoms with Gasteiger partial charge in [0.1, 0.15) is 0 Å². The Morgan fingerprint density at radius 2 is 2.11 bits per heavy atom. The average molecular weight is 255 g/mol. The van der Waals surface area contributed by atoms with Crippen LogP contribution < -0.4 is 5.32 Å². The molecule has 2 unspecified atom stereocenters. The smallest absolute Gasteiger partial charge is 0.0610 e. The fourth-order valence-electron chi connectivity index (χ4n) is 3.11. The fraction of sp³-hybridized carbons (Fsp3) is 1.00. The van der Waals surface area contributed by atoms with Gasteiger partial charge in [-0.3, -0.25) is 4.90 Å². The van der Waals surface area contributed by atoms with Crippen LogP contribution in [0.25, 0.3) is 0 Å². The summed E-state index contributed by atoms with van der Waals surface area (Å²) in [6, 6.07) is 0.794. The summed E-state index contributed by atoms with van der Waals surface area (Å²) in [5.41, 5.74) is -0.121. The van der Waals surface area contributed by atoms with Crippen molar-refractivity contribution in [2.24, 2.45) is 0 Å². The lowest BCUT2D eigenvalue weighted by atomic mass is 9.96. The SMILES string of the molecule is CNC(C)(CO)CCN1CCN2CCCCC2C1. The van der Waals surface area contributed by atoms with Gasteiger partial charge in [0, 0.05) is 37.8 Å². The Bertz CT molecular complexity index is 255. The number of piperidine rings is 1. The Hall–Kier alpha value is -0.160. The van der Waals surface area contributed by atoms with Crippen molar-refractivity contribution in [3.05, 3.63) is 0 Å². The molecule has 4 nitrogen and oxygen atoms in total. The number of likely N-dealkylation sites (N-methyl/N-ethyl adjacent to an activating group) is 1. The van der Waals surface area contributed by atoms with Crippen molar-refractivity contribution in [1.82, 2.24) is 15.1 Å². The van der Waals surface area contributed by atoms with Gasteiger partial charge < -0.3 is 15.3 Å². The third-order valence-corrected chi connectivity index (χ3v) is 4.85. The van der Waals surface area contributed by atoms with Gasteiger partial charge in [-0.1, -0.05) is 6.42 Å². The second-order valence-electron chi connectivity index (χ2n) is 6.20. The van der Waals surface area contributed by atoms with Gasteiger partial charge in [-0.05, 0) is 39.8 Å². The van der Waals surface area contributed by atoms with E-state index in [9.17, 15) is 5.11 Å². The van der Waals surface area contributed by atoms with Crippen molar-refractivity contribution >= 4 is 0 Å². The normalized spacial score (nSPS) is 29.8. The Morgan fingerprint density at radius 3 is 2.83 bits per heavy atom. The minimum Gasteiger partial charge on any atom is -0.394 e. The van der Waals surface area contributed by atoms with Gasteiger partial charge in [0.2, 0.25) is 0 Å². The van der Waals surface area contributed by atoms with Crippen molar-refractivity contribution in [1.29, 1.82) is 0 Å². The van der Waals surface area contributed by atoms with Crippen molar-refractivity contribution in [3.8, 4) is 0 Å². The predicted molar refractivity (Wildman–Crippen MR) is 74.8 cm³/mol. The van der Waals surface area contributed by atoms with Gasteiger partial charge in [0.25, 0.3) is 0 Å². The molecule has 0 aromatic carbocycles. The Labute approximate surface area is 111 Å². The van der Waals surface area contributed by atoms with Crippen LogP contribution in [0.2, 0.25) is 0 Å². The number of aliphatic hydroxyl groups is 1. The number of nitrogens with one attached hydrogen (secondary N) is 1. The zero-order chi connectivity index (χ0) is 13.0. The number of aliphatic hydroxyl groups excluding tert-OH is 1. The molecule has 0 aliphatic carbocycles. The van der Waals surface area contributed by atoms with E-state index in [-0.39, 0.29) is 12.1 Å². The molecule has 0 spiro atoms. The molecule has 4 heteroatoms.